The van der Waals surface area contributed by atoms with Gasteiger partial charge in [-0.05, 0) is 36.2 Å². The third kappa shape index (κ3) is 5.31. The van der Waals surface area contributed by atoms with Gasteiger partial charge in [0, 0.05) is 39.3 Å². The Labute approximate surface area is 176 Å². The van der Waals surface area contributed by atoms with E-state index in [4.69, 9.17) is 0 Å². The third-order valence-corrected chi connectivity index (χ3v) is 5.21. The fourth-order valence-electron chi connectivity index (χ4n) is 3.62. The summed E-state index contributed by atoms with van der Waals surface area (Å²) >= 11 is 0. The summed E-state index contributed by atoms with van der Waals surface area (Å²) in [6.45, 7) is 0.548. The van der Waals surface area contributed by atoms with Crippen LogP contribution < -0.4 is 10.2 Å². The fourth-order valence-corrected chi connectivity index (χ4v) is 3.62. The Kier molecular flexibility index (Phi) is 6.47. The van der Waals surface area contributed by atoms with Crippen LogP contribution in [0, 0.1) is 5.82 Å². The molecule has 2 atom stereocenters. The van der Waals surface area contributed by atoms with E-state index < -0.39 is 29.9 Å². The summed E-state index contributed by atoms with van der Waals surface area (Å²) in [5.41, 5.74) is 1.03. The molecule has 0 spiro atoms. The molecule has 2 aromatic rings. The first-order valence-electron chi connectivity index (χ1n) is 9.62. The van der Waals surface area contributed by atoms with Crippen LogP contribution in [-0.2, 0) is 4.79 Å². The van der Waals surface area contributed by atoms with E-state index in [1.54, 1.807) is 31.1 Å². The van der Waals surface area contributed by atoms with Crippen LogP contribution in [0.15, 0.2) is 42.6 Å². The quantitative estimate of drug-likeness (QED) is 0.746. The van der Waals surface area contributed by atoms with Crippen molar-refractivity contribution in [1.82, 2.24) is 15.2 Å². The van der Waals surface area contributed by atoms with Crippen molar-refractivity contribution < 1.29 is 27.2 Å². The van der Waals surface area contributed by atoms with Crippen LogP contribution in [0.1, 0.15) is 28.3 Å². The maximum absolute atomic E-state index is 13.3. The van der Waals surface area contributed by atoms with Crippen LogP contribution in [0.25, 0.3) is 0 Å². The van der Waals surface area contributed by atoms with E-state index in [0.717, 1.165) is 0 Å². The monoisotopic (exact) mass is 438 g/mol. The minimum Gasteiger partial charge on any atom is -0.355 e. The summed E-state index contributed by atoms with van der Waals surface area (Å²) in [5.74, 6) is -2.62. The Balaban J connectivity index is 1.82. The van der Waals surface area contributed by atoms with E-state index in [2.05, 4.69) is 10.3 Å². The molecule has 10 heteroatoms. The summed E-state index contributed by atoms with van der Waals surface area (Å²) in [7, 11) is 3.23. The average molecular weight is 438 g/mol. The van der Waals surface area contributed by atoms with E-state index in [9.17, 15) is 27.2 Å². The molecule has 1 aliphatic rings. The second-order valence-corrected chi connectivity index (χ2v) is 7.58. The van der Waals surface area contributed by atoms with Gasteiger partial charge in [0.1, 0.15) is 11.6 Å². The number of benzene rings is 1. The molecule has 1 aromatic carbocycles. The largest absolute Gasteiger partial charge is 0.471 e. The van der Waals surface area contributed by atoms with Crippen LogP contribution in [0.2, 0.25) is 0 Å². The van der Waals surface area contributed by atoms with Crippen LogP contribution in [-0.4, -0.2) is 61.1 Å². The zero-order chi connectivity index (χ0) is 22.8. The number of halogens is 4. The molecular weight excluding hydrogens is 416 g/mol. The van der Waals surface area contributed by atoms with Crippen LogP contribution in [0.3, 0.4) is 0 Å². The van der Waals surface area contributed by atoms with Crippen LogP contribution in [0.4, 0.5) is 23.4 Å². The molecular formula is C21H22F4N4O2. The van der Waals surface area contributed by atoms with Gasteiger partial charge in [-0.1, -0.05) is 12.1 Å². The summed E-state index contributed by atoms with van der Waals surface area (Å²) in [6.07, 6.45) is -3.18. The number of carbonyl (C=O) groups is 2. The van der Waals surface area contributed by atoms with Crippen LogP contribution in [0.5, 0.6) is 0 Å². The second-order valence-electron chi connectivity index (χ2n) is 7.58. The van der Waals surface area contributed by atoms with Gasteiger partial charge in [0.2, 0.25) is 0 Å². The molecule has 6 nitrogen and oxygen atoms in total. The molecule has 31 heavy (non-hydrogen) atoms. The molecule has 0 saturated carbocycles. The number of pyridine rings is 1. The normalized spacial score (nSPS) is 19.1. The zero-order valence-electron chi connectivity index (χ0n) is 17.0. The molecule has 0 aliphatic carbocycles. The van der Waals surface area contributed by atoms with Crippen molar-refractivity contribution in [3.63, 3.8) is 0 Å². The highest BCUT2D eigenvalue weighted by Gasteiger charge is 2.42. The molecule has 3 rings (SSSR count). The number of anilines is 1. The van der Waals surface area contributed by atoms with E-state index in [1.807, 2.05) is 0 Å². The highest BCUT2D eigenvalue weighted by molar-refractivity contribution is 5.93. The van der Waals surface area contributed by atoms with Crippen molar-refractivity contribution in [2.45, 2.75) is 24.6 Å². The number of nitrogens with zero attached hydrogens (tertiary/aromatic N) is 3. The topological polar surface area (TPSA) is 65.5 Å². The smallest absolute Gasteiger partial charge is 0.355 e. The van der Waals surface area contributed by atoms with Crippen molar-refractivity contribution in [2.24, 2.45) is 0 Å². The highest BCUT2D eigenvalue weighted by Crippen LogP contribution is 2.31. The van der Waals surface area contributed by atoms with Crippen molar-refractivity contribution in [3.05, 3.63) is 59.5 Å². The number of aromatic nitrogens is 1. The third-order valence-electron chi connectivity index (χ3n) is 5.21. The SMILES string of the molecule is CN(C)C(=O)c1ccc(N2CCC(c3ccc(F)cc3)C(NC(=O)C(F)(F)F)C2)nc1. The second kappa shape index (κ2) is 8.91. The minimum atomic E-state index is -5.01. The number of piperidine rings is 1. The van der Waals surface area contributed by atoms with E-state index in [-0.39, 0.29) is 12.5 Å². The molecule has 0 bridgehead atoms. The van der Waals surface area contributed by atoms with Crippen LogP contribution >= 0.6 is 0 Å². The van der Waals surface area contributed by atoms with Gasteiger partial charge in [-0.2, -0.15) is 13.2 Å². The van der Waals surface area contributed by atoms with E-state index in [0.29, 0.717) is 29.9 Å². The van der Waals surface area contributed by atoms with Crippen molar-refractivity contribution in [3.8, 4) is 0 Å². The molecule has 1 fully saturated rings. The molecule has 2 unspecified atom stereocenters. The van der Waals surface area contributed by atoms with Crippen molar-refractivity contribution in [2.75, 3.05) is 32.1 Å². The van der Waals surface area contributed by atoms with Crippen molar-refractivity contribution >= 4 is 17.6 Å². The predicted molar refractivity (Wildman–Crippen MR) is 106 cm³/mol. The van der Waals surface area contributed by atoms with E-state index in [1.165, 1.54) is 35.4 Å². The molecule has 1 N–H and O–H groups in total. The Bertz CT molecular complexity index is 930. The molecule has 2 heterocycles. The van der Waals surface area contributed by atoms with Gasteiger partial charge >= 0.3 is 12.1 Å². The van der Waals surface area contributed by atoms with Gasteiger partial charge in [0.05, 0.1) is 11.6 Å². The van der Waals surface area contributed by atoms with E-state index >= 15 is 0 Å². The fraction of sp³-hybridized carbons (Fsp3) is 0.381. The Morgan fingerprint density at radius 3 is 2.35 bits per heavy atom. The predicted octanol–water partition coefficient (Wildman–Crippen LogP) is 2.96. The average Bonchev–Trinajstić information content (AvgIpc) is 2.73. The van der Waals surface area contributed by atoms with Gasteiger partial charge < -0.3 is 15.1 Å². The maximum Gasteiger partial charge on any atom is 0.471 e. The maximum atomic E-state index is 13.3. The number of carbonyl (C=O) groups excluding carboxylic acids is 2. The van der Waals surface area contributed by atoms with Gasteiger partial charge in [0.25, 0.3) is 5.91 Å². The first-order chi connectivity index (χ1) is 14.6. The zero-order valence-corrected chi connectivity index (χ0v) is 17.0. The highest BCUT2D eigenvalue weighted by atomic mass is 19.4. The summed E-state index contributed by atoms with van der Waals surface area (Å²) in [5, 5.41) is 2.08. The summed E-state index contributed by atoms with van der Waals surface area (Å²) < 4.78 is 51.9. The number of hydrogen-bond donors (Lipinski definition) is 1. The summed E-state index contributed by atoms with van der Waals surface area (Å²) in [6, 6.07) is 7.87. The molecule has 1 aliphatic heterocycles. The van der Waals surface area contributed by atoms with Gasteiger partial charge in [-0.15, -0.1) is 0 Å². The lowest BCUT2D eigenvalue weighted by atomic mass is 9.85. The molecule has 166 valence electrons. The molecule has 0 radical (unpaired) electrons. The number of hydrogen-bond acceptors (Lipinski definition) is 4. The first kappa shape index (κ1) is 22.5. The Morgan fingerprint density at radius 1 is 1.13 bits per heavy atom. The first-order valence-corrected chi connectivity index (χ1v) is 9.62. The lowest BCUT2D eigenvalue weighted by Gasteiger charge is -2.40. The lowest BCUT2D eigenvalue weighted by molar-refractivity contribution is -0.174. The van der Waals surface area contributed by atoms with Gasteiger partial charge in [-0.25, -0.2) is 9.37 Å². The van der Waals surface area contributed by atoms with Gasteiger partial charge in [-0.3, -0.25) is 9.59 Å². The Hall–Kier alpha value is -3.17. The molecule has 1 saturated heterocycles. The van der Waals surface area contributed by atoms with Crippen molar-refractivity contribution in [1.29, 1.82) is 0 Å². The minimum absolute atomic E-state index is 0.0812. The standard InChI is InChI=1S/C21H22F4N4O2/c1-28(2)19(30)14-5-8-18(26-11-14)29-10-9-16(13-3-6-15(22)7-4-13)17(12-29)27-20(31)21(23,24)25/h3-8,11,16-17H,9-10,12H2,1-2H3,(H,27,31). The van der Waals surface area contributed by atoms with Gasteiger partial charge in [0.15, 0.2) is 0 Å². The Morgan fingerprint density at radius 2 is 1.81 bits per heavy atom. The summed E-state index contributed by atoms with van der Waals surface area (Å²) in [4.78, 5) is 31.1. The molecule has 1 aromatic heterocycles. The lowest BCUT2D eigenvalue weighted by Crippen LogP contribution is -2.54. The number of nitrogens with one attached hydrogen (secondary N) is 1. The number of rotatable bonds is 4. The molecule has 2 amide bonds. The number of alkyl halides is 3. The number of amides is 2.